The summed E-state index contributed by atoms with van der Waals surface area (Å²) in [5.74, 6) is 0.529. The van der Waals surface area contributed by atoms with Crippen molar-refractivity contribution in [2.24, 2.45) is 0 Å². The maximum Gasteiger partial charge on any atom is 0.419 e. The fourth-order valence-corrected chi connectivity index (χ4v) is 6.85. The van der Waals surface area contributed by atoms with Crippen LogP contribution in [0.3, 0.4) is 0 Å². The van der Waals surface area contributed by atoms with E-state index in [9.17, 15) is 21.6 Å². The van der Waals surface area contributed by atoms with Crippen LogP contribution < -0.4 is 19.3 Å². The van der Waals surface area contributed by atoms with Crippen molar-refractivity contribution in [1.29, 1.82) is 0 Å². The number of hydrogen-bond acceptors (Lipinski definition) is 9. The van der Waals surface area contributed by atoms with Gasteiger partial charge in [0.1, 0.15) is 5.75 Å². The van der Waals surface area contributed by atoms with Crippen LogP contribution in [0.15, 0.2) is 42.6 Å². The molecule has 3 heterocycles. The molecule has 2 aliphatic heterocycles. The van der Waals surface area contributed by atoms with Crippen molar-refractivity contribution in [3.05, 3.63) is 65.0 Å². The highest BCUT2D eigenvalue weighted by molar-refractivity contribution is 7.92. The van der Waals surface area contributed by atoms with Gasteiger partial charge < -0.3 is 19.9 Å². The fraction of sp³-hybridized carbons (Fsp3) is 0.515. The summed E-state index contributed by atoms with van der Waals surface area (Å²) in [7, 11) is 1.57. The number of piperazine rings is 1. The van der Waals surface area contributed by atoms with Gasteiger partial charge in [-0.2, -0.15) is 13.2 Å². The van der Waals surface area contributed by atoms with Gasteiger partial charge in [0.2, 0.25) is 16.0 Å². The number of alkyl halides is 3. The highest BCUT2D eigenvalue weighted by Crippen LogP contribution is 2.35. The average molecular weight is 676 g/mol. The zero-order valence-corrected chi connectivity index (χ0v) is 28.5. The molecule has 0 radical (unpaired) electrons. The lowest BCUT2D eigenvalue weighted by atomic mass is 10.0. The molecule has 3 aromatic rings. The van der Waals surface area contributed by atoms with Gasteiger partial charge >= 0.3 is 6.18 Å². The summed E-state index contributed by atoms with van der Waals surface area (Å²) in [4.78, 5) is 15.6. The monoisotopic (exact) mass is 675 g/mol. The number of aromatic nitrogens is 2. The third kappa shape index (κ3) is 8.46. The molecule has 5 rings (SSSR count). The minimum Gasteiger partial charge on any atom is -0.494 e. The lowest BCUT2D eigenvalue weighted by Gasteiger charge is -2.43. The highest BCUT2D eigenvalue weighted by atomic mass is 32.2. The van der Waals surface area contributed by atoms with Crippen molar-refractivity contribution in [3.8, 4) is 5.75 Å². The van der Waals surface area contributed by atoms with Crippen molar-refractivity contribution < 1.29 is 26.3 Å². The molecular formula is C33H44F3N7O3S. The second kappa shape index (κ2) is 14.2. The Balaban J connectivity index is 1.31. The summed E-state index contributed by atoms with van der Waals surface area (Å²) in [5, 5.41) is 3.05. The van der Waals surface area contributed by atoms with E-state index in [4.69, 9.17) is 4.74 Å². The molecule has 0 atom stereocenters. The molecule has 1 N–H and O–H groups in total. The van der Waals surface area contributed by atoms with Crippen molar-refractivity contribution in [2.75, 3.05) is 81.3 Å². The molecule has 14 heteroatoms. The number of likely N-dealkylation sites (tertiary alicyclic amines) is 1. The fourth-order valence-electron chi connectivity index (χ4n) is 6.32. The first-order chi connectivity index (χ1) is 22.2. The molecule has 256 valence electrons. The van der Waals surface area contributed by atoms with Crippen molar-refractivity contribution in [3.63, 3.8) is 0 Å². The van der Waals surface area contributed by atoms with E-state index >= 15 is 0 Å². The molecule has 0 aliphatic carbocycles. The summed E-state index contributed by atoms with van der Waals surface area (Å²) in [6.07, 6.45) is -0.339. The predicted octanol–water partition coefficient (Wildman–Crippen LogP) is 4.95. The number of benzene rings is 2. The Morgan fingerprint density at radius 1 is 1.02 bits per heavy atom. The number of aryl methyl sites for hydroxylation is 3. The van der Waals surface area contributed by atoms with Crippen LogP contribution in [-0.4, -0.2) is 101 Å². The molecule has 0 bridgehead atoms. The second-order valence-corrected chi connectivity index (χ2v) is 14.5. The maximum atomic E-state index is 14.0. The molecule has 0 amide bonds. The molecular weight excluding hydrogens is 631 g/mol. The molecule has 47 heavy (non-hydrogen) atoms. The first-order valence-electron chi connectivity index (χ1n) is 15.8. The smallest absolute Gasteiger partial charge is 0.419 e. The molecule has 2 aromatic carbocycles. The van der Waals surface area contributed by atoms with Crippen LogP contribution in [0, 0.1) is 6.92 Å². The number of anilines is 4. The summed E-state index contributed by atoms with van der Waals surface area (Å²) < 4.78 is 73.4. The number of methoxy groups -OCH3 is 1. The average Bonchev–Trinajstić information content (AvgIpc) is 3.03. The van der Waals surface area contributed by atoms with E-state index in [-0.39, 0.29) is 24.5 Å². The second-order valence-electron chi connectivity index (χ2n) is 12.5. The van der Waals surface area contributed by atoms with Gasteiger partial charge in [0.15, 0.2) is 0 Å². The lowest BCUT2D eigenvalue weighted by Crippen LogP contribution is -2.53. The number of nitrogens with zero attached hydrogens (tertiary/aromatic N) is 6. The Morgan fingerprint density at radius 2 is 1.72 bits per heavy atom. The lowest BCUT2D eigenvalue weighted by molar-refractivity contribution is -0.138. The van der Waals surface area contributed by atoms with Crippen molar-refractivity contribution in [1.82, 2.24) is 19.8 Å². The van der Waals surface area contributed by atoms with E-state index in [2.05, 4.69) is 37.0 Å². The van der Waals surface area contributed by atoms with Gasteiger partial charge in [-0.25, -0.2) is 18.4 Å². The minimum atomic E-state index is -4.66. The zero-order chi connectivity index (χ0) is 33.9. The third-order valence-electron chi connectivity index (χ3n) is 9.20. The van der Waals surface area contributed by atoms with Gasteiger partial charge in [0, 0.05) is 57.2 Å². The van der Waals surface area contributed by atoms with E-state index in [1.807, 2.05) is 25.1 Å². The maximum absolute atomic E-state index is 14.0. The van der Waals surface area contributed by atoms with Gasteiger partial charge in [-0.1, -0.05) is 12.1 Å². The Hall–Kier alpha value is -3.62. The highest BCUT2D eigenvalue weighted by Gasteiger charge is 2.35. The summed E-state index contributed by atoms with van der Waals surface area (Å²) in [6.45, 7) is 7.88. The topological polar surface area (TPSA) is 94.1 Å². The number of halogens is 3. The number of rotatable bonds is 10. The van der Waals surface area contributed by atoms with E-state index in [0.29, 0.717) is 28.7 Å². The Labute approximate surface area is 275 Å². The quantitative estimate of drug-likeness (QED) is 0.321. The van der Waals surface area contributed by atoms with E-state index in [1.165, 1.54) is 19.9 Å². The predicted molar refractivity (Wildman–Crippen MR) is 179 cm³/mol. The molecule has 0 unspecified atom stereocenters. The van der Waals surface area contributed by atoms with Crippen molar-refractivity contribution >= 4 is 33.0 Å². The summed E-state index contributed by atoms with van der Waals surface area (Å²) in [6, 6.07) is 11.6. The van der Waals surface area contributed by atoms with E-state index in [0.717, 1.165) is 67.3 Å². The number of piperidine rings is 1. The Morgan fingerprint density at radius 3 is 2.36 bits per heavy atom. The molecule has 1 aromatic heterocycles. The van der Waals surface area contributed by atoms with Gasteiger partial charge in [-0.15, -0.1) is 0 Å². The molecule has 2 aliphatic rings. The van der Waals surface area contributed by atoms with Crippen molar-refractivity contribution in [2.45, 2.75) is 44.8 Å². The van der Waals surface area contributed by atoms with Gasteiger partial charge in [0.25, 0.3) is 0 Å². The summed E-state index contributed by atoms with van der Waals surface area (Å²) >= 11 is 0. The Kier molecular flexibility index (Phi) is 10.5. The number of sulfonamides is 1. The van der Waals surface area contributed by atoms with E-state index < -0.39 is 21.8 Å². The van der Waals surface area contributed by atoms with E-state index in [1.54, 1.807) is 25.3 Å². The number of hydrogen-bond donors (Lipinski definition) is 1. The molecule has 0 saturated carbocycles. The number of nitrogens with one attached hydrogen (secondary N) is 1. The molecule has 2 fully saturated rings. The number of ether oxygens (including phenoxy) is 1. The van der Waals surface area contributed by atoms with Crippen LogP contribution in [-0.2, 0) is 29.0 Å². The van der Waals surface area contributed by atoms with Crippen LogP contribution in [0.2, 0.25) is 0 Å². The minimum absolute atomic E-state index is 0.00294. The van der Waals surface area contributed by atoms with Crippen LogP contribution in [0.5, 0.6) is 5.75 Å². The molecule has 0 spiro atoms. The first kappa shape index (κ1) is 34.7. The SMILES string of the molecule is COc1cc(N2CCN(C3CCN(C)CC3)CC2)ccc1Nc1ncc(C(F)(F)F)c(CCc2ccc(C)cc2N(C)S(C)(=O)=O)n1. The third-order valence-corrected chi connectivity index (χ3v) is 10.4. The van der Waals surface area contributed by atoms with Crippen LogP contribution in [0.4, 0.5) is 36.2 Å². The standard InChI is InChI=1S/C33H44F3N7O3S/c1-23-6-7-24(30(20-23)41(3)47(5,44)45)8-10-28-27(33(34,35)36)22-37-32(38-28)39-29-11-9-26(21-31(29)46-4)43-18-16-42(17-19-43)25-12-14-40(2)15-13-25/h6-7,9,11,20-22,25H,8,10,12-19H2,1-5H3,(H,37,38,39). The largest absolute Gasteiger partial charge is 0.494 e. The Bertz CT molecular complexity index is 1660. The zero-order valence-electron chi connectivity index (χ0n) is 27.6. The summed E-state index contributed by atoms with van der Waals surface area (Å²) in [5.41, 5.74) is 2.26. The molecule has 2 saturated heterocycles. The van der Waals surface area contributed by atoms with Crippen LogP contribution >= 0.6 is 0 Å². The van der Waals surface area contributed by atoms with Gasteiger partial charge in [0.05, 0.1) is 36.0 Å². The normalized spacial score (nSPS) is 17.1. The molecule has 10 nitrogen and oxygen atoms in total. The first-order valence-corrected chi connectivity index (χ1v) is 17.7. The van der Waals surface area contributed by atoms with Gasteiger partial charge in [-0.05, 0) is 82.1 Å². The van der Waals surface area contributed by atoms with Crippen LogP contribution in [0.25, 0.3) is 0 Å². The van der Waals surface area contributed by atoms with Crippen LogP contribution in [0.1, 0.15) is 35.2 Å². The van der Waals surface area contributed by atoms with Gasteiger partial charge in [-0.3, -0.25) is 9.21 Å².